The van der Waals surface area contributed by atoms with Crippen LogP contribution in [0.15, 0.2) is 146 Å². The molecule has 18 heteroatoms. The van der Waals surface area contributed by atoms with Gasteiger partial charge in [-0.2, -0.15) is 0 Å². The lowest BCUT2D eigenvalue weighted by atomic mass is 10.0. The molecule has 0 saturated heterocycles. The van der Waals surface area contributed by atoms with Gasteiger partial charge in [-0.3, -0.25) is 32.5 Å². The van der Waals surface area contributed by atoms with Crippen molar-refractivity contribution < 1.29 is 75.8 Å². The van der Waals surface area contributed by atoms with Crippen molar-refractivity contribution in [3.63, 3.8) is 0 Å². The van der Waals surface area contributed by atoms with E-state index >= 15 is 0 Å². The van der Waals surface area contributed by atoms with Crippen LogP contribution < -0.4 is 0 Å². The quantitative estimate of drug-likeness (QED) is 0.0146. The first-order chi connectivity index (χ1) is 53.2. The van der Waals surface area contributed by atoms with Crippen LogP contribution in [0.25, 0.3) is 0 Å². The van der Waals surface area contributed by atoms with Crippen molar-refractivity contribution in [2.75, 3.05) is 39.6 Å². The number of unbranched alkanes of at least 4 members (excludes halogenated alkanes) is 34. The van der Waals surface area contributed by atoms with E-state index in [4.69, 9.17) is 32.3 Å². The summed E-state index contributed by atoms with van der Waals surface area (Å²) < 4.78 is 61.3. The van der Waals surface area contributed by atoms with E-state index in [2.05, 4.69) is 167 Å². The van der Waals surface area contributed by atoms with Gasteiger partial charge in [-0.25, -0.2) is 9.13 Å². The zero-order valence-electron chi connectivity index (χ0n) is 68.7. The van der Waals surface area contributed by atoms with Crippen LogP contribution in [-0.2, 0) is 55.8 Å². The van der Waals surface area contributed by atoms with Crippen LogP contribution in [0, 0.1) is 0 Å². The lowest BCUT2D eigenvalue weighted by Crippen LogP contribution is -2.30. The Morgan fingerprint density at radius 3 is 0.771 bits per heavy atom. The maximum Gasteiger partial charge on any atom is 0.472 e. The molecule has 0 bridgehead atoms. The zero-order valence-corrected chi connectivity index (χ0v) is 70.5. The second-order valence-electron chi connectivity index (χ2n) is 28.6. The van der Waals surface area contributed by atoms with Crippen LogP contribution in [0.4, 0.5) is 0 Å². The summed E-state index contributed by atoms with van der Waals surface area (Å²) >= 11 is 0. The third kappa shape index (κ3) is 84.2. The van der Waals surface area contributed by atoms with E-state index in [0.717, 1.165) is 154 Å². The summed E-state index contributed by atoms with van der Waals surface area (Å²) in [6.45, 7) is 2.43. The highest BCUT2D eigenvalue weighted by Crippen LogP contribution is 2.45. The Balaban J connectivity index is 4.50. The lowest BCUT2D eigenvalue weighted by Gasteiger charge is -2.21. The van der Waals surface area contributed by atoms with E-state index in [1.807, 2.05) is 0 Å². The number of allylic oxidation sites excluding steroid dienone is 24. The summed E-state index contributed by atoms with van der Waals surface area (Å²) in [6, 6.07) is 0. The minimum atomic E-state index is -4.94. The predicted molar refractivity (Wildman–Crippen MR) is 454 cm³/mol. The molecule has 0 radical (unpaired) electrons. The second-order valence-corrected chi connectivity index (χ2v) is 31.5. The number of rotatable bonds is 81. The number of hydrogen-bond donors (Lipinski definition) is 4. The molecule has 4 N–H and O–H groups in total. The first-order valence-corrected chi connectivity index (χ1v) is 46.1. The van der Waals surface area contributed by atoms with Gasteiger partial charge in [0.25, 0.3) is 0 Å². The van der Waals surface area contributed by atoms with Crippen LogP contribution in [0.5, 0.6) is 0 Å². The van der Waals surface area contributed by atoms with Gasteiger partial charge in [0.15, 0.2) is 6.10 Å². The topological polar surface area (TPSA) is 231 Å². The molecule has 0 aromatic rings. The molecule has 0 aromatic carbocycles. The van der Waals surface area contributed by atoms with Crippen LogP contribution in [0.2, 0.25) is 0 Å². The van der Waals surface area contributed by atoms with Crippen molar-refractivity contribution in [2.24, 2.45) is 0 Å². The molecule has 626 valence electrons. The summed E-state index contributed by atoms with van der Waals surface area (Å²) in [6.07, 6.45) is 103. The Morgan fingerprint density at radius 1 is 0.266 bits per heavy atom. The molecule has 0 aliphatic carbocycles. The van der Waals surface area contributed by atoms with E-state index < -0.39 is 91.5 Å². The number of ether oxygens (including phenoxy) is 3. The van der Waals surface area contributed by atoms with Gasteiger partial charge in [-0.05, 0) is 141 Å². The molecular weight excluding hydrogens is 1410 g/mol. The van der Waals surface area contributed by atoms with Gasteiger partial charge < -0.3 is 34.2 Å². The Hall–Kier alpha value is -4.57. The molecule has 0 amide bonds. The largest absolute Gasteiger partial charge is 0.472 e. The Morgan fingerprint density at radius 2 is 0.486 bits per heavy atom. The fourth-order valence-electron chi connectivity index (χ4n) is 11.5. The second kappa shape index (κ2) is 82.9. The molecule has 109 heavy (non-hydrogen) atoms. The van der Waals surface area contributed by atoms with E-state index in [-0.39, 0.29) is 19.3 Å². The van der Waals surface area contributed by atoms with Gasteiger partial charge in [0.1, 0.15) is 25.4 Å². The number of esters is 3. The zero-order chi connectivity index (χ0) is 79.4. The van der Waals surface area contributed by atoms with Crippen molar-refractivity contribution in [1.82, 2.24) is 0 Å². The molecule has 5 atom stereocenters. The van der Waals surface area contributed by atoms with E-state index in [1.54, 1.807) is 0 Å². The summed E-state index contributed by atoms with van der Waals surface area (Å²) in [5.74, 6) is -1.59. The predicted octanol–water partition coefficient (Wildman–Crippen LogP) is 26.0. The van der Waals surface area contributed by atoms with Crippen molar-refractivity contribution in [3.05, 3.63) is 146 Å². The van der Waals surface area contributed by atoms with Gasteiger partial charge in [-0.15, -0.1) is 0 Å². The van der Waals surface area contributed by atoms with Crippen LogP contribution >= 0.6 is 15.6 Å². The normalized spacial score (nSPS) is 14.6. The average molecular weight is 1570 g/mol. The van der Waals surface area contributed by atoms with Gasteiger partial charge in [-0.1, -0.05) is 340 Å². The number of carbonyl (C=O) groups excluding carboxylic acids is 3. The van der Waals surface area contributed by atoms with E-state index in [1.165, 1.54) is 141 Å². The number of carbonyl (C=O) groups is 3. The van der Waals surface area contributed by atoms with Crippen LogP contribution in [-0.4, -0.2) is 95.9 Å². The molecule has 0 aliphatic rings. The van der Waals surface area contributed by atoms with Crippen molar-refractivity contribution >= 4 is 33.6 Å². The fraction of sp³-hybridized carbons (Fsp3) is 0.703. The third-order valence-corrected chi connectivity index (χ3v) is 19.9. The maximum atomic E-state index is 13.0. The summed E-state index contributed by atoms with van der Waals surface area (Å²) in [5.41, 5.74) is 0. The van der Waals surface area contributed by atoms with E-state index in [0.29, 0.717) is 19.3 Å². The van der Waals surface area contributed by atoms with Gasteiger partial charge in [0, 0.05) is 19.3 Å². The minimum Gasteiger partial charge on any atom is -0.463 e. The number of aliphatic hydroxyl groups excluding tert-OH is 2. The summed E-state index contributed by atoms with van der Waals surface area (Å²) in [7, 11) is -9.80. The average Bonchev–Trinajstić information content (AvgIpc) is 0.940. The molecule has 0 heterocycles. The highest BCUT2D eigenvalue weighted by molar-refractivity contribution is 7.47. The van der Waals surface area contributed by atoms with Gasteiger partial charge >= 0.3 is 33.6 Å². The fourth-order valence-corrected chi connectivity index (χ4v) is 13.1. The van der Waals surface area contributed by atoms with Crippen molar-refractivity contribution in [3.8, 4) is 0 Å². The monoisotopic (exact) mass is 1570 g/mol. The Kier molecular flexibility index (Phi) is 79.4. The summed E-state index contributed by atoms with van der Waals surface area (Å²) in [4.78, 5) is 58.8. The highest BCUT2D eigenvalue weighted by atomic mass is 31.2. The standard InChI is InChI=1S/C91H156O16P2/c1-4-7-10-13-16-19-22-25-28-30-32-34-36-38-40-41-42-43-45-47-48-50-52-54-57-59-62-65-68-71-74-77-89(94)101-80-86(92)81-103-108(97,98)104-82-87(93)83-105-109(99,100)106-85-88(107-91(96)79-76-73-70-67-64-61-56-27-24-21-18-15-12-9-6-3)84-102-90(95)78-75-72-69-66-63-60-58-55-53-51-49-46-44-39-37-35-33-31-29-26-23-20-17-14-11-8-5-2/h7,9-10,12,16-21,25-29,32-35,38-40,44,56,86-88,92-93H,4-6,8,11,13-15,22-24,30-31,36-37,41-43,45-55,57-85H2,1-3H3,(H,97,98)(H,99,100)/b10-7-,12-9-,19-16-,20-17-,21-18-,28-25-,29-26-,34-32-,35-33-,40-38-,44-39-,56-27-. The molecule has 0 saturated carbocycles. The highest BCUT2D eigenvalue weighted by Gasteiger charge is 2.29. The number of phosphoric acid groups is 2. The van der Waals surface area contributed by atoms with Crippen molar-refractivity contribution in [2.45, 2.75) is 373 Å². The SMILES string of the molecule is CC/C=C\C/C=C\C/C=C\C/C=C\C/C=C\CCCCCCCCCCCCCCCCCC(=O)OCC(O)COP(=O)(O)OCC(O)COP(=O)(O)OCC(COC(=O)CCCCCCCCCCCCC/C=C\C/C=C\C/C=C\C/C=C\CCCCC)OC(=O)CCCCCCC/C=C\C/C=C\C/C=C\CC. The maximum absolute atomic E-state index is 13.0. The van der Waals surface area contributed by atoms with E-state index in [9.17, 15) is 43.5 Å². The molecule has 5 unspecified atom stereocenters. The molecule has 0 fully saturated rings. The first-order valence-electron chi connectivity index (χ1n) is 43.1. The number of phosphoric ester groups is 2. The number of hydrogen-bond acceptors (Lipinski definition) is 14. The number of aliphatic hydroxyl groups is 2. The molecule has 0 spiro atoms. The minimum absolute atomic E-state index is 0.0822. The Labute approximate surface area is 664 Å². The molecule has 0 aromatic heterocycles. The Bertz CT molecular complexity index is 2560. The van der Waals surface area contributed by atoms with Crippen molar-refractivity contribution in [1.29, 1.82) is 0 Å². The molecule has 0 rings (SSSR count). The van der Waals surface area contributed by atoms with Gasteiger partial charge in [0.2, 0.25) is 0 Å². The smallest absolute Gasteiger partial charge is 0.463 e. The van der Waals surface area contributed by atoms with Gasteiger partial charge in [0.05, 0.1) is 26.4 Å². The molecule has 16 nitrogen and oxygen atoms in total. The summed E-state index contributed by atoms with van der Waals surface area (Å²) in [5, 5.41) is 20.7. The molecular formula is C91H156O16P2. The lowest BCUT2D eigenvalue weighted by molar-refractivity contribution is -0.161. The van der Waals surface area contributed by atoms with Crippen LogP contribution in [0.1, 0.15) is 355 Å². The first kappa shape index (κ1) is 104. The van der Waals surface area contributed by atoms with Crippen LogP contribution in [0.3, 0.4) is 0 Å². The third-order valence-electron chi connectivity index (χ3n) is 18.0. The molecule has 0 aliphatic heterocycles.